The molecular formula is C25H26N2O2. The predicted octanol–water partition coefficient (Wildman–Crippen LogP) is 4.30. The van der Waals surface area contributed by atoms with E-state index >= 15 is 0 Å². The number of para-hydroxylation sites is 1. The summed E-state index contributed by atoms with van der Waals surface area (Å²) >= 11 is 0. The average molecular weight is 386 g/mol. The lowest BCUT2D eigenvalue weighted by Crippen LogP contribution is -2.39. The Hall–Kier alpha value is -3.40. The highest BCUT2D eigenvalue weighted by Gasteiger charge is 2.22. The molecule has 3 aromatic carbocycles. The number of rotatable bonds is 7. The van der Waals surface area contributed by atoms with Crippen molar-refractivity contribution >= 4 is 17.5 Å². The van der Waals surface area contributed by atoms with Crippen molar-refractivity contribution in [3.8, 4) is 0 Å². The van der Waals surface area contributed by atoms with Gasteiger partial charge in [-0.15, -0.1) is 0 Å². The van der Waals surface area contributed by atoms with Crippen molar-refractivity contribution in [2.75, 3.05) is 18.0 Å². The predicted molar refractivity (Wildman–Crippen MR) is 117 cm³/mol. The van der Waals surface area contributed by atoms with Gasteiger partial charge < -0.3 is 10.2 Å². The Morgan fingerprint density at radius 1 is 0.828 bits per heavy atom. The molecule has 0 saturated heterocycles. The van der Waals surface area contributed by atoms with Gasteiger partial charge in [0.25, 0.3) is 0 Å². The number of carbonyl (C=O) groups is 2. The van der Waals surface area contributed by atoms with Crippen LogP contribution in [-0.2, 0) is 9.59 Å². The quantitative estimate of drug-likeness (QED) is 0.658. The molecule has 0 heterocycles. The first-order valence-corrected chi connectivity index (χ1v) is 9.79. The molecular weight excluding hydrogens is 360 g/mol. The summed E-state index contributed by atoms with van der Waals surface area (Å²) in [6.45, 7) is 4.32. The van der Waals surface area contributed by atoms with Crippen molar-refractivity contribution in [2.45, 2.75) is 19.8 Å². The van der Waals surface area contributed by atoms with Gasteiger partial charge in [0, 0.05) is 25.7 Å². The zero-order valence-electron chi connectivity index (χ0n) is 16.8. The van der Waals surface area contributed by atoms with E-state index in [1.54, 1.807) is 11.8 Å². The lowest BCUT2D eigenvalue weighted by atomic mass is 9.90. The van der Waals surface area contributed by atoms with E-state index in [4.69, 9.17) is 0 Å². The van der Waals surface area contributed by atoms with Gasteiger partial charge in [0.15, 0.2) is 0 Å². The molecule has 3 rings (SSSR count). The van der Waals surface area contributed by atoms with Crippen LogP contribution in [-0.4, -0.2) is 24.9 Å². The summed E-state index contributed by atoms with van der Waals surface area (Å²) in [5.41, 5.74) is 3.79. The lowest BCUT2D eigenvalue weighted by Gasteiger charge is -2.24. The lowest BCUT2D eigenvalue weighted by molar-refractivity contribution is -0.122. The van der Waals surface area contributed by atoms with Crippen molar-refractivity contribution in [3.05, 3.63) is 102 Å². The number of nitrogens with one attached hydrogen (secondary N) is 1. The third-order valence-electron chi connectivity index (χ3n) is 4.95. The minimum Gasteiger partial charge on any atom is -0.353 e. The Kier molecular flexibility index (Phi) is 6.80. The van der Waals surface area contributed by atoms with Crippen molar-refractivity contribution in [1.29, 1.82) is 0 Å². The van der Waals surface area contributed by atoms with Crippen LogP contribution in [0.5, 0.6) is 0 Å². The van der Waals surface area contributed by atoms with Gasteiger partial charge in [-0.2, -0.15) is 0 Å². The second-order valence-electron chi connectivity index (χ2n) is 7.00. The molecule has 0 fully saturated rings. The summed E-state index contributed by atoms with van der Waals surface area (Å²) in [5, 5.41) is 3.02. The standard InChI is InChI=1S/C25H26N2O2/c1-19-11-9-10-16-23(19)27(20(2)28)18-17-26-25(29)24(21-12-5-3-6-13-21)22-14-7-4-8-15-22/h3-16,24H,17-18H2,1-2H3,(H,26,29). The van der Waals surface area contributed by atoms with Crippen LogP contribution in [0.25, 0.3) is 0 Å². The number of anilines is 1. The van der Waals surface area contributed by atoms with Gasteiger partial charge in [0.1, 0.15) is 0 Å². The fraction of sp³-hybridized carbons (Fsp3) is 0.200. The van der Waals surface area contributed by atoms with Gasteiger partial charge in [0.05, 0.1) is 5.92 Å². The van der Waals surface area contributed by atoms with E-state index in [0.717, 1.165) is 22.4 Å². The summed E-state index contributed by atoms with van der Waals surface area (Å²) in [6.07, 6.45) is 0. The summed E-state index contributed by atoms with van der Waals surface area (Å²) in [4.78, 5) is 27.0. The van der Waals surface area contributed by atoms with Crippen LogP contribution >= 0.6 is 0 Å². The molecule has 2 amide bonds. The van der Waals surface area contributed by atoms with Crippen LogP contribution in [0.2, 0.25) is 0 Å². The largest absolute Gasteiger partial charge is 0.353 e. The number of hydrogen-bond acceptors (Lipinski definition) is 2. The summed E-state index contributed by atoms with van der Waals surface area (Å²) in [5.74, 6) is -0.506. The molecule has 0 aliphatic carbocycles. The molecule has 0 unspecified atom stereocenters. The number of nitrogens with zero attached hydrogens (tertiary/aromatic N) is 1. The molecule has 4 heteroatoms. The molecule has 0 aliphatic rings. The fourth-order valence-corrected chi connectivity index (χ4v) is 3.49. The van der Waals surface area contributed by atoms with Gasteiger partial charge in [-0.05, 0) is 29.7 Å². The maximum absolute atomic E-state index is 13.1. The smallest absolute Gasteiger partial charge is 0.232 e. The van der Waals surface area contributed by atoms with E-state index < -0.39 is 0 Å². The van der Waals surface area contributed by atoms with Crippen molar-refractivity contribution in [2.24, 2.45) is 0 Å². The number of aryl methyl sites for hydroxylation is 1. The van der Waals surface area contributed by atoms with E-state index in [1.807, 2.05) is 91.9 Å². The summed E-state index contributed by atoms with van der Waals surface area (Å²) < 4.78 is 0. The number of amides is 2. The van der Waals surface area contributed by atoms with E-state index in [-0.39, 0.29) is 17.7 Å². The fourth-order valence-electron chi connectivity index (χ4n) is 3.49. The second-order valence-corrected chi connectivity index (χ2v) is 7.00. The van der Waals surface area contributed by atoms with E-state index in [2.05, 4.69) is 5.32 Å². The third kappa shape index (κ3) is 5.11. The molecule has 1 N–H and O–H groups in total. The van der Waals surface area contributed by atoms with Crippen molar-refractivity contribution in [1.82, 2.24) is 5.32 Å². The van der Waals surface area contributed by atoms with Crippen LogP contribution in [0.1, 0.15) is 29.5 Å². The molecule has 0 aliphatic heterocycles. The molecule has 148 valence electrons. The van der Waals surface area contributed by atoms with Crippen molar-refractivity contribution < 1.29 is 9.59 Å². The van der Waals surface area contributed by atoms with Crippen molar-refractivity contribution in [3.63, 3.8) is 0 Å². The second kappa shape index (κ2) is 9.69. The third-order valence-corrected chi connectivity index (χ3v) is 4.95. The zero-order valence-corrected chi connectivity index (χ0v) is 16.8. The van der Waals surface area contributed by atoms with Gasteiger partial charge in [-0.1, -0.05) is 78.9 Å². The van der Waals surface area contributed by atoms with E-state index in [0.29, 0.717) is 13.1 Å². The van der Waals surface area contributed by atoms with Gasteiger partial charge >= 0.3 is 0 Å². The Balaban J connectivity index is 1.73. The maximum atomic E-state index is 13.1. The topological polar surface area (TPSA) is 49.4 Å². The molecule has 0 spiro atoms. The molecule has 0 bridgehead atoms. The molecule has 0 radical (unpaired) electrons. The highest BCUT2D eigenvalue weighted by Crippen LogP contribution is 2.25. The zero-order chi connectivity index (χ0) is 20.6. The Labute approximate surface area is 172 Å². The monoisotopic (exact) mass is 386 g/mol. The highest BCUT2D eigenvalue weighted by molar-refractivity contribution is 5.92. The van der Waals surface area contributed by atoms with Crippen LogP contribution in [0.4, 0.5) is 5.69 Å². The molecule has 0 aromatic heterocycles. The van der Waals surface area contributed by atoms with Crippen LogP contribution in [0.3, 0.4) is 0 Å². The van der Waals surface area contributed by atoms with E-state index in [1.165, 1.54) is 0 Å². The SMILES string of the molecule is CC(=O)N(CCNC(=O)C(c1ccccc1)c1ccccc1)c1ccccc1C. The Morgan fingerprint density at radius 3 is 1.86 bits per heavy atom. The minimum atomic E-state index is -0.387. The number of carbonyl (C=O) groups excluding carboxylic acids is 2. The van der Waals surface area contributed by atoms with Gasteiger partial charge in [-0.3, -0.25) is 9.59 Å². The van der Waals surface area contributed by atoms with Gasteiger partial charge in [-0.25, -0.2) is 0 Å². The molecule has 29 heavy (non-hydrogen) atoms. The van der Waals surface area contributed by atoms with Crippen LogP contribution in [0, 0.1) is 6.92 Å². The first kappa shape index (κ1) is 20.3. The number of benzene rings is 3. The minimum absolute atomic E-state index is 0.0452. The highest BCUT2D eigenvalue weighted by atomic mass is 16.2. The Morgan fingerprint density at radius 2 is 1.34 bits per heavy atom. The number of hydrogen-bond donors (Lipinski definition) is 1. The average Bonchev–Trinajstić information content (AvgIpc) is 2.73. The summed E-state index contributed by atoms with van der Waals surface area (Å²) in [6, 6.07) is 27.3. The molecule has 0 saturated carbocycles. The van der Waals surface area contributed by atoms with E-state index in [9.17, 15) is 9.59 Å². The summed E-state index contributed by atoms with van der Waals surface area (Å²) in [7, 11) is 0. The van der Waals surface area contributed by atoms with Crippen LogP contribution < -0.4 is 10.2 Å². The molecule has 4 nitrogen and oxygen atoms in total. The molecule has 0 atom stereocenters. The Bertz CT molecular complexity index is 915. The van der Waals surface area contributed by atoms with Crippen LogP contribution in [0.15, 0.2) is 84.9 Å². The maximum Gasteiger partial charge on any atom is 0.232 e. The molecule has 3 aromatic rings. The first-order valence-electron chi connectivity index (χ1n) is 9.79. The first-order chi connectivity index (χ1) is 14.1. The normalized spacial score (nSPS) is 10.6. The van der Waals surface area contributed by atoms with Gasteiger partial charge in [0.2, 0.25) is 11.8 Å².